The predicted molar refractivity (Wildman–Crippen MR) is 63.3 cm³/mol. The minimum absolute atomic E-state index is 0. The lowest BCUT2D eigenvalue weighted by molar-refractivity contribution is -0.136. The van der Waals surface area contributed by atoms with Crippen LogP contribution < -0.4 is 6.15 Å². The van der Waals surface area contributed by atoms with Crippen LogP contribution in [0.25, 0.3) is 0 Å². The highest BCUT2D eigenvalue weighted by Gasteiger charge is 2.02. The van der Waals surface area contributed by atoms with E-state index in [4.69, 9.17) is 0 Å². The summed E-state index contributed by atoms with van der Waals surface area (Å²) < 4.78 is 8.62. The van der Waals surface area contributed by atoms with Crippen molar-refractivity contribution in [2.24, 2.45) is 0 Å². The average molecular weight is 231 g/mol. The molecule has 0 saturated heterocycles. The molecular weight excluding hydrogens is 210 g/mol. The zero-order valence-corrected chi connectivity index (χ0v) is 10.6. The maximum Gasteiger partial charge on any atom is 0.333 e. The van der Waals surface area contributed by atoms with Crippen LogP contribution in [0.2, 0.25) is 0 Å². The Hall–Kier alpha value is -1.62. The van der Waals surface area contributed by atoms with Crippen molar-refractivity contribution in [2.45, 2.75) is 20.8 Å². The molecule has 16 heavy (non-hydrogen) atoms. The lowest BCUT2D eigenvalue weighted by atomic mass is 10.2. The quantitative estimate of drug-likeness (QED) is 0.580. The van der Waals surface area contributed by atoms with Gasteiger partial charge in [0.2, 0.25) is 0 Å². The molecular formula is C11H21NO4. The van der Waals surface area contributed by atoms with Crippen LogP contribution in [0.1, 0.15) is 20.8 Å². The van der Waals surface area contributed by atoms with Crippen LogP contribution in [0.5, 0.6) is 0 Å². The van der Waals surface area contributed by atoms with Gasteiger partial charge in [0, 0.05) is 11.6 Å². The van der Waals surface area contributed by atoms with Crippen molar-refractivity contribution in [3.8, 4) is 0 Å². The molecule has 0 spiro atoms. The highest BCUT2D eigenvalue weighted by atomic mass is 16.5. The zero-order chi connectivity index (χ0) is 12.4. The van der Waals surface area contributed by atoms with Gasteiger partial charge in [0.05, 0.1) is 14.2 Å². The summed E-state index contributed by atoms with van der Waals surface area (Å²) in [5, 5.41) is 0. The molecule has 0 atom stereocenters. The van der Waals surface area contributed by atoms with Crippen LogP contribution in [0.15, 0.2) is 23.8 Å². The molecule has 0 unspecified atom stereocenters. The number of carbonyl (C=O) groups excluding carboxylic acids is 2. The van der Waals surface area contributed by atoms with Crippen LogP contribution in [0.3, 0.4) is 0 Å². The van der Waals surface area contributed by atoms with Gasteiger partial charge in [-0.15, -0.1) is 0 Å². The Morgan fingerprint density at radius 1 is 1.06 bits per heavy atom. The number of hydrogen-bond donors (Lipinski definition) is 1. The topological polar surface area (TPSA) is 87.6 Å². The van der Waals surface area contributed by atoms with Crippen molar-refractivity contribution in [3.63, 3.8) is 0 Å². The molecule has 0 fully saturated rings. The number of methoxy groups -OCH3 is 2. The zero-order valence-electron chi connectivity index (χ0n) is 10.6. The van der Waals surface area contributed by atoms with Crippen LogP contribution in [0.4, 0.5) is 0 Å². The van der Waals surface area contributed by atoms with Gasteiger partial charge in [-0.1, -0.05) is 12.2 Å². The fourth-order valence-corrected chi connectivity index (χ4v) is 0.441. The largest absolute Gasteiger partial charge is 0.466 e. The minimum Gasteiger partial charge on any atom is -0.466 e. The van der Waals surface area contributed by atoms with Gasteiger partial charge < -0.3 is 15.6 Å². The first-order valence-corrected chi connectivity index (χ1v) is 4.33. The van der Waals surface area contributed by atoms with Crippen molar-refractivity contribution in [2.75, 3.05) is 14.2 Å². The molecule has 0 rings (SSSR count). The molecule has 0 heterocycles. The van der Waals surface area contributed by atoms with E-state index < -0.39 is 5.97 Å². The second-order valence-electron chi connectivity index (χ2n) is 2.84. The molecule has 0 aliphatic carbocycles. The second-order valence-corrected chi connectivity index (χ2v) is 2.84. The first-order valence-electron chi connectivity index (χ1n) is 4.33. The van der Waals surface area contributed by atoms with Gasteiger partial charge in [-0.2, -0.15) is 0 Å². The monoisotopic (exact) mass is 231 g/mol. The molecule has 94 valence electrons. The van der Waals surface area contributed by atoms with Gasteiger partial charge >= 0.3 is 11.9 Å². The fourth-order valence-electron chi connectivity index (χ4n) is 0.441. The number of rotatable bonds is 2. The molecule has 0 aliphatic rings. The van der Waals surface area contributed by atoms with Crippen molar-refractivity contribution in [1.82, 2.24) is 6.15 Å². The molecule has 0 aromatic carbocycles. The maximum atomic E-state index is 10.7. The Morgan fingerprint density at radius 2 is 1.50 bits per heavy atom. The van der Waals surface area contributed by atoms with Gasteiger partial charge in [0.1, 0.15) is 0 Å². The molecule has 0 radical (unpaired) electrons. The summed E-state index contributed by atoms with van der Waals surface area (Å²) in [4.78, 5) is 20.5. The summed E-state index contributed by atoms with van der Waals surface area (Å²) >= 11 is 0. The SMILES string of the molecule is C=CC(=O)OC.COC(=O)C(C)=C(C)C.N. The van der Waals surface area contributed by atoms with Crippen molar-refractivity contribution >= 4 is 11.9 Å². The summed E-state index contributed by atoms with van der Waals surface area (Å²) in [5.74, 6) is -0.634. The number of carbonyl (C=O) groups is 2. The van der Waals surface area contributed by atoms with Gasteiger partial charge in [-0.3, -0.25) is 0 Å². The molecule has 5 nitrogen and oxygen atoms in total. The van der Waals surface area contributed by atoms with Gasteiger partial charge in [-0.05, 0) is 20.8 Å². The molecule has 0 bridgehead atoms. The number of esters is 2. The number of ether oxygens (including phenoxy) is 2. The predicted octanol–water partition coefficient (Wildman–Crippen LogP) is 2.02. The fraction of sp³-hybridized carbons (Fsp3) is 0.455. The van der Waals surface area contributed by atoms with E-state index in [0.29, 0.717) is 5.57 Å². The van der Waals surface area contributed by atoms with Crippen LogP contribution >= 0.6 is 0 Å². The molecule has 0 saturated carbocycles. The maximum absolute atomic E-state index is 10.7. The summed E-state index contributed by atoms with van der Waals surface area (Å²) in [6.45, 7) is 8.67. The van der Waals surface area contributed by atoms with E-state index in [9.17, 15) is 9.59 Å². The second kappa shape index (κ2) is 11.5. The summed E-state index contributed by atoms with van der Waals surface area (Å²) in [7, 11) is 2.69. The standard InChI is InChI=1S/C7H12O2.C4H6O2.H3N/c1-5(2)6(3)7(8)9-4;1-3-4(5)6-2;/h1-4H3;3H,1H2,2H3;1H3. The van der Waals surface area contributed by atoms with Crippen LogP contribution in [0, 0.1) is 0 Å². The van der Waals surface area contributed by atoms with Crippen molar-refractivity contribution < 1.29 is 19.1 Å². The highest BCUT2D eigenvalue weighted by Crippen LogP contribution is 2.02. The van der Waals surface area contributed by atoms with E-state index in [1.165, 1.54) is 14.2 Å². The summed E-state index contributed by atoms with van der Waals surface area (Å²) in [5.41, 5.74) is 1.69. The van der Waals surface area contributed by atoms with Gasteiger partial charge in [0.15, 0.2) is 0 Å². The number of hydrogen-bond acceptors (Lipinski definition) is 5. The van der Waals surface area contributed by atoms with Crippen molar-refractivity contribution in [3.05, 3.63) is 23.8 Å². The van der Waals surface area contributed by atoms with E-state index in [1.54, 1.807) is 6.92 Å². The van der Waals surface area contributed by atoms with E-state index in [0.717, 1.165) is 11.6 Å². The van der Waals surface area contributed by atoms with E-state index >= 15 is 0 Å². The number of allylic oxidation sites excluding steroid dienone is 1. The summed E-state index contributed by atoms with van der Waals surface area (Å²) in [6, 6.07) is 0. The van der Waals surface area contributed by atoms with Crippen molar-refractivity contribution in [1.29, 1.82) is 0 Å². The third kappa shape index (κ3) is 10.5. The lowest BCUT2D eigenvalue weighted by Gasteiger charge is -1.98. The molecule has 0 amide bonds. The molecule has 3 N–H and O–H groups in total. The summed E-state index contributed by atoms with van der Waals surface area (Å²) in [6.07, 6.45) is 1.11. The van der Waals surface area contributed by atoms with E-state index in [1.807, 2.05) is 13.8 Å². The van der Waals surface area contributed by atoms with E-state index in [-0.39, 0.29) is 12.1 Å². The smallest absolute Gasteiger partial charge is 0.333 e. The average Bonchev–Trinajstić information content (AvgIpc) is 2.26. The minimum atomic E-state index is -0.394. The first kappa shape index (κ1) is 19.9. The third-order valence-corrected chi connectivity index (χ3v) is 1.61. The lowest BCUT2D eigenvalue weighted by Crippen LogP contribution is -2.02. The molecule has 0 aliphatic heterocycles. The highest BCUT2D eigenvalue weighted by molar-refractivity contribution is 5.88. The Labute approximate surface area is 96.7 Å². The van der Waals surface area contributed by atoms with Gasteiger partial charge in [0.25, 0.3) is 0 Å². The Bertz CT molecular complexity index is 265. The Kier molecular flexibility index (Phi) is 14.2. The van der Waals surface area contributed by atoms with Gasteiger partial charge in [-0.25, -0.2) is 9.59 Å². The normalized spacial score (nSPS) is 7.31. The van der Waals surface area contributed by atoms with Crippen LogP contribution in [-0.4, -0.2) is 26.2 Å². The van der Waals surface area contributed by atoms with E-state index in [2.05, 4.69) is 16.1 Å². The Balaban J connectivity index is -0.000000214. The third-order valence-electron chi connectivity index (χ3n) is 1.61. The molecule has 0 aromatic rings. The molecule has 5 heteroatoms. The first-order chi connectivity index (χ1) is 6.90. The Morgan fingerprint density at radius 3 is 1.56 bits per heavy atom. The molecule has 0 aromatic heterocycles. The van der Waals surface area contributed by atoms with Crippen LogP contribution in [-0.2, 0) is 19.1 Å².